The van der Waals surface area contributed by atoms with Crippen molar-refractivity contribution in [1.29, 1.82) is 0 Å². The molecule has 0 radical (unpaired) electrons. The van der Waals surface area contributed by atoms with E-state index < -0.39 is 21.7 Å². The van der Waals surface area contributed by atoms with Gasteiger partial charge in [-0.05, 0) is 25.1 Å². The van der Waals surface area contributed by atoms with Crippen LogP contribution in [0.3, 0.4) is 0 Å². The molecule has 0 saturated heterocycles. The van der Waals surface area contributed by atoms with Crippen LogP contribution < -0.4 is 0 Å². The molecule has 0 atom stereocenters. The Balaban J connectivity index is 2.03. The molecule has 9 nitrogen and oxygen atoms in total. The van der Waals surface area contributed by atoms with Gasteiger partial charge in [0.2, 0.25) is 0 Å². The predicted octanol–water partition coefficient (Wildman–Crippen LogP) is 2.73. The summed E-state index contributed by atoms with van der Waals surface area (Å²) in [6.07, 6.45) is -1.96. The number of sulfone groups is 1. The molecule has 0 unspecified atom stereocenters. The molecule has 4 aromatic heterocycles. The van der Waals surface area contributed by atoms with Gasteiger partial charge in [0.1, 0.15) is 24.0 Å². The van der Waals surface area contributed by atoms with Gasteiger partial charge < -0.3 is 4.57 Å². The van der Waals surface area contributed by atoms with Crippen LogP contribution in [0.1, 0.15) is 18.3 Å². The zero-order valence-electron chi connectivity index (χ0n) is 16.6. The fourth-order valence-electron chi connectivity index (χ4n) is 3.26. The van der Waals surface area contributed by atoms with Crippen LogP contribution in [0.4, 0.5) is 13.2 Å². The van der Waals surface area contributed by atoms with Crippen LogP contribution >= 0.6 is 0 Å². The van der Waals surface area contributed by atoms with Crippen molar-refractivity contribution in [3.63, 3.8) is 0 Å². The Hall–Kier alpha value is -3.35. The van der Waals surface area contributed by atoms with E-state index in [0.717, 1.165) is 6.07 Å². The molecule has 0 bridgehead atoms. The monoisotopic (exact) mass is 451 g/mol. The molecule has 0 aliphatic heterocycles. The Kier molecular flexibility index (Phi) is 4.80. The summed E-state index contributed by atoms with van der Waals surface area (Å²) >= 11 is 0. The van der Waals surface area contributed by atoms with Gasteiger partial charge in [-0.25, -0.2) is 33.0 Å². The van der Waals surface area contributed by atoms with Gasteiger partial charge in [0.15, 0.2) is 21.5 Å². The number of pyridine rings is 2. The Labute approximate surface area is 174 Å². The summed E-state index contributed by atoms with van der Waals surface area (Å²) in [5.41, 5.74) is -0.589. The van der Waals surface area contributed by atoms with Gasteiger partial charge in [0.05, 0.1) is 27.4 Å². The summed E-state index contributed by atoms with van der Waals surface area (Å²) in [5, 5.41) is 3.98. The maximum absolute atomic E-state index is 13.2. The third-order valence-corrected chi connectivity index (χ3v) is 6.50. The van der Waals surface area contributed by atoms with Crippen LogP contribution in [0.25, 0.3) is 28.4 Å². The largest absolute Gasteiger partial charge is 0.433 e. The molecule has 162 valence electrons. The summed E-state index contributed by atoms with van der Waals surface area (Å²) < 4.78 is 67.8. The van der Waals surface area contributed by atoms with Gasteiger partial charge in [0.25, 0.3) is 0 Å². The molecule has 0 aliphatic rings. The number of hydrogen-bond acceptors (Lipinski definition) is 7. The molecule has 0 aromatic carbocycles. The van der Waals surface area contributed by atoms with E-state index in [-0.39, 0.29) is 39.2 Å². The minimum Gasteiger partial charge on any atom is -0.324 e. The van der Waals surface area contributed by atoms with Gasteiger partial charge in [-0.3, -0.25) is 0 Å². The van der Waals surface area contributed by atoms with Crippen molar-refractivity contribution in [2.24, 2.45) is 7.05 Å². The van der Waals surface area contributed by atoms with E-state index >= 15 is 0 Å². The second kappa shape index (κ2) is 7.11. The van der Waals surface area contributed by atoms with Crippen molar-refractivity contribution in [1.82, 2.24) is 34.3 Å². The van der Waals surface area contributed by atoms with Gasteiger partial charge in [-0.1, -0.05) is 6.92 Å². The fraction of sp³-hybridized carbons (Fsp3) is 0.278. The molecular formula is C18H16F3N7O2S. The summed E-state index contributed by atoms with van der Waals surface area (Å²) in [6.45, 7) is 2.93. The fourth-order valence-corrected chi connectivity index (χ4v) is 4.28. The molecule has 0 saturated carbocycles. The zero-order valence-corrected chi connectivity index (χ0v) is 17.4. The first-order valence-electron chi connectivity index (χ1n) is 9.03. The van der Waals surface area contributed by atoms with Crippen LogP contribution in [0, 0.1) is 6.92 Å². The number of rotatable bonds is 4. The molecule has 4 aromatic rings. The topological polar surface area (TPSA) is 108 Å². The first-order valence-corrected chi connectivity index (χ1v) is 10.7. The lowest BCUT2D eigenvalue weighted by Crippen LogP contribution is -2.11. The number of fused-ring (bicyclic) bond motifs is 1. The third-order valence-electron chi connectivity index (χ3n) is 4.74. The molecule has 4 rings (SSSR count). The van der Waals surface area contributed by atoms with Crippen molar-refractivity contribution < 1.29 is 21.6 Å². The molecule has 0 fully saturated rings. The predicted molar refractivity (Wildman–Crippen MR) is 104 cm³/mol. The van der Waals surface area contributed by atoms with E-state index in [2.05, 4.69) is 25.0 Å². The summed E-state index contributed by atoms with van der Waals surface area (Å²) in [5.74, 6) is 0.182. The van der Waals surface area contributed by atoms with Gasteiger partial charge in [-0.15, -0.1) is 0 Å². The standard InChI is InChI=1S/C18H16F3N7O2S/c1-4-31(29,30)12-5-6-14(28-9-22-8-23-28)26-15(12)17-25-11-7-13(18(19,20)21)24-10(2)16(11)27(17)3/h5-9H,4H2,1-3H3. The quantitative estimate of drug-likeness (QED) is 0.469. The van der Waals surface area contributed by atoms with Crippen molar-refractivity contribution in [3.05, 3.63) is 42.2 Å². The van der Waals surface area contributed by atoms with E-state index in [4.69, 9.17) is 0 Å². The Morgan fingerprint density at radius 3 is 2.48 bits per heavy atom. The molecule has 0 spiro atoms. The SMILES string of the molecule is CCS(=O)(=O)c1ccc(-n2cncn2)nc1-c1nc2cc(C(F)(F)F)nc(C)c2n1C. The normalized spacial score (nSPS) is 12.6. The molecule has 13 heteroatoms. The van der Waals surface area contributed by atoms with E-state index in [1.807, 2.05) is 0 Å². The average molecular weight is 451 g/mol. The van der Waals surface area contributed by atoms with Crippen LogP contribution in [0.2, 0.25) is 0 Å². The zero-order chi connectivity index (χ0) is 22.6. The summed E-state index contributed by atoms with van der Waals surface area (Å²) in [4.78, 5) is 16.1. The van der Waals surface area contributed by atoms with Crippen LogP contribution in [0.5, 0.6) is 0 Å². The minimum atomic E-state index is -4.64. The highest BCUT2D eigenvalue weighted by atomic mass is 32.2. The lowest BCUT2D eigenvalue weighted by Gasteiger charge is -2.11. The van der Waals surface area contributed by atoms with E-state index in [0.29, 0.717) is 5.52 Å². The Bertz CT molecular complexity index is 1390. The highest BCUT2D eigenvalue weighted by Crippen LogP contribution is 2.34. The van der Waals surface area contributed by atoms with Crippen LogP contribution in [-0.2, 0) is 23.1 Å². The number of hydrogen-bond donors (Lipinski definition) is 0. The highest BCUT2D eigenvalue weighted by Gasteiger charge is 2.34. The number of alkyl halides is 3. The molecule has 0 N–H and O–H groups in total. The number of imidazole rings is 1. The molecule has 31 heavy (non-hydrogen) atoms. The van der Waals surface area contributed by atoms with Crippen molar-refractivity contribution >= 4 is 20.9 Å². The highest BCUT2D eigenvalue weighted by molar-refractivity contribution is 7.91. The van der Waals surface area contributed by atoms with E-state index in [9.17, 15) is 21.6 Å². The maximum atomic E-state index is 13.2. The maximum Gasteiger partial charge on any atom is 0.433 e. The number of nitrogens with zero attached hydrogens (tertiary/aromatic N) is 7. The molecule has 0 aliphatic carbocycles. The van der Waals surface area contributed by atoms with Crippen LogP contribution in [-0.4, -0.2) is 48.5 Å². The lowest BCUT2D eigenvalue weighted by molar-refractivity contribution is -0.141. The van der Waals surface area contributed by atoms with Gasteiger partial charge >= 0.3 is 6.18 Å². The second-order valence-electron chi connectivity index (χ2n) is 6.71. The molecular weight excluding hydrogens is 435 g/mol. The van der Waals surface area contributed by atoms with Gasteiger partial charge in [0, 0.05) is 7.05 Å². The molecule has 4 heterocycles. The van der Waals surface area contributed by atoms with E-state index in [1.165, 1.54) is 47.9 Å². The number of halogens is 3. The number of aromatic nitrogens is 7. The smallest absolute Gasteiger partial charge is 0.324 e. The Morgan fingerprint density at radius 2 is 1.87 bits per heavy atom. The minimum absolute atomic E-state index is 0.00140. The second-order valence-corrected chi connectivity index (χ2v) is 8.96. The Morgan fingerprint density at radius 1 is 1.13 bits per heavy atom. The summed E-state index contributed by atoms with van der Waals surface area (Å²) in [6, 6.07) is 3.68. The molecule has 0 amide bonds. The van der Waals surface area contributed by atoms with Crippen molar-refractivity contribution in [2.45, 2.75) is 24.9 Å². The van der Waals surface area contributed by atoms with Gasteiger partial charge in [-0.2, -0.15) is 18.3 Å². The first-order chi connectivity index (χ1) is 14.5. The van der Waals surface area contributed by atoms with Crippen LogP contribution in [0.15, 0.2) is 35.7 Å². The van der Waals surface area contributed by atoms with Crippen molar-refractivity contribution in [3.8, 4) is 17.3 Å². The number of aryl methyl sites for hydroxylation is 2. The van der Waals surface area contributed by atoms with Crippen molar-refractivity contribution in [2.75, 3.05) is 5.75 Å². The first kappa shape index (κ1) is 20.9. The lowest BCUT2D eigenvalue weighted by atomic mass is 10.2. The summed E-state index contributed by atoms with van der Waals surface area (Å²) in [7, 11) is -2.15. The third kappa shape index (κ3) is 3.54. The average Bonchev–Trinajstić information content (AvgIpc) is 3.35. The van der Waals surface area contributed by atoms with E-state index in [1.54, 1.807) is 7.05 Å².